The van der Waals surface area contributed by atoms with E-state index in [4.69, 9.17) is 0 Å². The molecule has 3 rings (SSSR count). The van der Waals surface area contributed by atoms with Gasteiger partial charge < -0.3 is 9.64 Å². The molecule has 2 aromatic rings. The average molecular weight is 322 g/mol. The molecule has 1 aromatic heterocycles. The Labute approximate surface area is 130 Å². The molecule has 0 saturated heterocycles. The van der Waals surface area contributed by atoms with Crippen LogP contribution in [0.5, 0.6) is 5.75 Å². The van der Waals surface area contributed by atoms with Gasteiger partial charge in [-0.3, -0.25) is 9.78 Å². The van der Waals surface area contributed by atoms with Crippen molar-refractivity contribution in [1.29, 1.82) is 0 Å². The molecule has 0 N–H and O–H groups in total. The van der Waals surface area contributed by atoms with Gasteiger partial charge in [0.15, 0.2) is 0 Å². The Morgan fingerprint density at radius 3 is 2.74 bits per heavy atom. The Balaban J connectivity index is 1.66. The lowest BCUT2D eigenvalue weighted by Crippen LogP contribution is -2.27. The topological polar surface area (TPSA) is 42.4 Å². The highest BCUT2D eigenvalue weighted by molar-refractivity contribution is 5.79. The van der Waals surface area contributed by atoms with Crippen LogP contribution in [0.25, 0.3) is 0 Å². The molecule has 7 heteroatoms. The second-order valence-corrected chi connectivity index (χ2v) is 5.27. The van der Waals surface area contributed by atoms with E-state index < -0.39 is 6.36 Å². The number of fused-ring (bicyclic) bond motifs is 1. The summed E-state index contributed by atoms with van der Waals surface area (Å²) in [6.45, 7) is 0.968. The van der Waals surface area contributed by atoms with E-state index in [1.165, 1.54) is 18.2 Å². The number of alkyl halides is 3. The zero-order valence-electron chi connectivity index (χ0n) is 12.0. The summed E-state index contributed by atoms with van der Waals surface area (Å²) in [6, 6.07) is 7.34. The van der Waals surface area contributed by atoms with E-state index >= 15 is 0 Å². The Bertz CT molecular complexity index is 706. The highest BCUT2D eigenvalue weighted by Crippen LogP contribution is 2.25. The van der Waals surface area contributed by atoms with Crippen LogP contribution >= 0.6 is 0 Å². The third kappa shape index (κ3) is 3.80. The summed E-state index contributed by atoms with van der Waals surface area (Å²) in [6.07, 6.45) is -1.33. The van der Waals surface area contributed by atoms with Crippen molar-refractivity contribution < 1.29 is 22.7 Å². The number of hydrogen-bond acceptors (Lipinski definition) is 3. The summed E-state index contributed by atoms with van der Waals surface area (Å²) in [5.74, 6) is -0.470. The maximum atomic E-state index is 12.3. The zero-order valence-corrected chi connectivity index (χ0v) is 12.0. The average Bonchev–Trinajstić information content (AvgIpc) is 2.90. The lowest BCUT2D eigenvalue weighted by Gasteiger charge is -2.16. The van der Waals surface area contributed by atoms with Gasteiger partial charge in [-0.25, -0.2) is 0 Å². The van der Waals surface area contributed by atoms with Crippen molar-refractivity contribution in [2.45, 2.75) is 25.9 Å². The molecule has 120 valence electrons. The number of carbonyl (C=O) groups is 1. The third-order valence-electron chi connectivity index (χ3n) is 3.57. The number of nitrogens with zero attached hydrogens (tertiary/aromatic N) is 2. The molecule has 0 atom stereocenters. The Hall–Kier alpha value is -2.57. The van der Waals surface area contributed by atoms with Crippen LogP contribution in [0.4, 0.5) is 13.2 Å². The molecular weight excluding hydrogens is 309 g/mol. The van der Waals surface area contributed by atoms with Gasteiger partial charge in [-0.15, -0.1) is 13.2 Å². The smallest absolute Gasteiger partial charge is 0.406 e. The van der Waals surface area contributed by atoms with E-state index in [1.807, 2.05) is 6.07 Å². The van der Waals surface area contributed by atoms with Crippen molar-refractivity contribution in [3.63, 3.8) is 0 Å². The molecule has 0 spiro atoms. The van der Waals surface area contributed by atoms with Crippen molar-refractivity contribution in [1.82, 2.24) is 9.88 Å². The van der Waals surface area contributed by atoms with E-state index in [0.717, 1.165) is 11.1 Å². The summed E-state index contributed by atoms with van der Waals surface area (Å²) in [7, 11) is 0. The number of halogens is 3. The fourth-order valence-electron chi connectivity index (χ4n) is 2.54. The van der Waals surface area contributed by atoms with Gasteiger partial charge in [-0.2, -0.15) is 0 Å². The van der Waals surface area contributed by atoms with Crippen LogP contribution < -0.4 is 4.74 Å². The molecule has 1 aliphatic heterocycles. The molecule has 0 aliphatic carbocycles. The first kappa shape index (κ1) is 15.3. The van der Waals surface area contributed by atoms with Crippen molar-refractivity contribution in [3.05, 3.63) is 59.4 Å². The van der Waals surface area contributed by atoms with E-state index in [9.17, 15) is 18.0 Å². The second-order valence-electron chi connectivity index (χ2n) is 5.27. The maximum Gasteiger partial charge on any atom is 0.573 e. The van der Waals surface area contributed by atoms with Gasteiger partial charge in [0, 0.05) is 25.5 Å². The van der Waals surface area contributed by atoms with Crippen LogP contribution in [-0.2, 0) is 24.3 Å². The largest absolute Gasteiger partial charge is 0.573 e. The lowest BCUT2D eigenvalue weighted by atomic mass is 10.1. The number of carbonyl (C=O) groups excluding carboxylic acids is 1. The second kappa shape index (κ2) is 5.91. The van der Waals surface area contributed by atoms with Crippen LogP contribution in [0.15, 0.2) is 42.7 Å². The molecule has 1 aromatic carbocycles. The minimum absolute atomic E-state index is 0.0243. The van der Waals surface area contributed by atoms with Gasteiger partial charge in [0.05, 0.1) is 6.42 Å². The number of ether oxygens (including phenoxy) is 1. The van der Waals surface area contributed by atoms with E-state index in [2.05, 4.69) is 9.72 Å². The molecule has 1 amide bonds. The number of rotatable bonds is 3. The van der Waals surface area contributed by atoms with Crippen LogP contribution in [0, 0.1) is 0 Å². The summed E-state index contributed by atoms with van der Waals surface area (Å²) in [5, 5.41) is 0. The van der Waals surface area contributed by atoms with E-state index in [1.54, 1.807) is 23.4 Å². The predicted molar refractivity (Wildman–Crippen MR) is 75.3 cm³/mol. The van der Waals surface area contributed by atoms with Gasteiger partial charge >= 0.3 is 6.36 Å². The number of amides is 1. The van der Waals surface area contributed by atoms with Gasteiger partial charge in [-0.05, 0) is 34.9 Å². The third-order valence-corrected chi connectivity index (χ3v) is 3.57. The quantitative estimate of drug-likeness (QED) is 0.872. The van der Waals surface area contributed by atoms with E-state index in [0.29, 0.717) is 18.7 Å². The molecule has 0 unspecified atom stereocenters. The summed E-state index contributed by atoms with van der Waals surface area (Å²) in [4.78, 5) is 18.0. The van der Waals surface area contributed by atoms with Gasteiger partial charge in [-0.1, -0.05) is 12.1 Å². The highest BCUT2D eigenvalue weighted by Gasteiger charge is 2.31. The zero-order chi connectivity index (χ0) is 16.4. The van der Waals surface area contributed by atoms with Crippen molar-refractivity contribution in [2.24, 2.45) is 0 Å². The minimum atomic E-state index is -4.74. The van der Waals surface area contributed by atoms with Crippen LogP contribution in [0.3, 0.4) is 0 Å². The summed E-state index contributed by atoms with van der Waals surface area (Å²) >= 11 is 0. The Morgan fingerprint density at radius 1 is 1.22 bits per heavy atom. The fourth-order valence-corrected chi connectivity index (χ4v) is 2.54. The van der Waals surface area contributed by atoms with Crippen molar-refractivity contribution in [2.75, 3.05) is 0 Å². The highest BCUT2D eigenvalue weighted by atomic mass is 19.4. The SMILES string of the molecule is O=C(Cc1cccc(OC(F)(F)F)c1)N1Cc2ccncc2C1. The standard InChI is InChI=1S/C16H13F3N2O2/c17-16(18,19)23-14-3-1-2-11(6-14)7-15(22)21-9-12-4-5-20-8-13(12)10-21/h1-6,8H,7,9-10H2. The van der Waals surface area contributed by atoms with Crippen LogP contribution in [0.2, 0.25) is 0 Å². The van der Waals surface area contributed by atoms with Gasteiger partial charge in [0.1, 0.15) is 5.75 Å². The molecule has 0 fully saturated rings. The van der Waals surface area contributed by atoms with Crippen molar-refractivity contribution in [3.8, 4) is 5.75 Å². The normalized spacial score (nSPS) is 13.8. The summed E-state index contributed by atoms with van der Waals surface area (Å²) < 4.78 is 40.6. The first-order valence-electron chi connectivity index (χ1n) is 6.95. The van der Waals surface area contributed by atoms with Crippen molar-refractivity contribution >= 4 is 5.91 Å². The fraction of sp³-hybridized carbons (Fsp3) is 0.250. The molecule has 4 nitrogen and oxygen atoms in total. The van der Waals surface area contributed by atoms with Gasteiger partial charge in [0.25, 0.3) is 0 Å². The number of pyridine rings is 1. The molecule has 1 aliphatic rings. The number of benzene rings is 1. The maximum absolute atomic E-state index is 12.3. The summed E-state index contributed by atoms with van der Waals surface area (Å²) in [5.41, 5.74) is 2.52. The molecular formula is C16H13F3N2O2. The number of hydrogen-bond donors (Lipinski definition) is 0. The molecule has 0 radical (unpaired) electrons. The first-order valence-corrected chi connectivity index (χ1v) is 6.95. The first-order chi connectivity index (χ1) is 10.9. The molecule has 2 heterocycles. The van der Waals surface area contributed by atoms with Crippen LogP contribution in [-0.4, -0.2) is 22.2 Å². The predicted octanol–water partition coefficient (Wildman–Crippen LogP) is 3.07. The monoisotopic (exact) mass is 322 g/mol. The minimum Gasteiger partial charge on any atom is -0.406 e. The molecule has 23 heavy (non-hydrogen) atoms. The van der Waals surface area contributed by atoms with Gasteiger partial charge in [0.2, 0.25) is 5.91 Å². The molecule has 0 saturated carbocycles. The Morgan fingerprint density at radius 2 is 2.00 bits per heavy atom. The Kier molecular flexibility index (Phi) is 3.94. The lowest BCUT2D eigenvalue weighted by molar-refractivity contribution is -0.274. The molecule has 0 bridgehead atoms. The number of aromatic nitrogens is 1. The van der Waals surface area contributed by atoms with Crippen LogP contribution in [0.1, 0.15) is 16.7 Å². The van der Waals surface area contributed by atoms with E-state index in [-0.39, 0.29) is 18.1 Å².